The van der Waals surface area contributed by atoms with Gasteiger partial charge in [0.1, 0.15) is 0 Å². The summed E-state index contributed by atoms with van der Waals surface area (Å²) in [5, 5.41) is 0.592. The van der Waals surface area contributed by atoms with Crippen LogP contribution < -0.4 is 10.5 Å². The van der Waals surface area contributed by atoms with Gasteiger partial charge in [0, 0.05) is 17.0 Å². The molecule has 20 heavy (non-hydrogen) atoms. The van der Waals surface area contributed by atoms with Gasteiger partial charge in [-0.2, -0.15) is 11.8 Å². The Labute approximate surface area is 125 Å². The van der Waals surface area contributed by atoms with Crippen LogP contribution in [0.3, 0.4) is 0 Å². The highest BCUT2D eigenvalue weighted by atomic mass is 32.2. The van der Waals surface area contributed by atoms with Gasteiger partial charge in [-0.05, 0) is 36.6 Å². The van der Waals surface area contributed by atoms with Gasteiger partial charge in [0.05, 0.1) is 5.75 Å². The number of nitrogens with one attached hydrogen (secondary N) is 1. The van der Waals surface area contributed by atoms with E-state index >= 15 is 0 Å². The van der Waals surface area contributed by atoms with Gasteiger partial charge in [0.15, 0.2) is 0 Å². The molecule has 1 aliphatic carbocycles. The fourth-order valence-electron chi connectivity index (χ4n) is 2.60. The van der Waals surface area contributed by atoms with Crippen LogP contribution in [0.1, 0.15) is 31.7 Å². The van der Waals surface area contributed by atoms with Gasteiger partial charge < -0.3 is 5.73 Å². The minimum absolute atomic E-state index is 0.0399. The second-order valence-electron chi connectivity index (χ2n) is 5.16. The third kappa shape index (κ3) is 4.40. The van der Waals surface area contributed by atoms with Crippen LogP contribution in [0.4, 0.5) is 5.69 Å². The normalized spacial score (nSPS) is 23.1. The summed E-state index contributed by atoms with van der Waals surface area (Å²) >= 11 is 1.92. The van der Waals surface area contributed by atoms with Crippen molar-refractivity contribution in [3.05, 3.63) is 29.8 Å². The lowest BCUT2D eigenvalue weighted by atomic mass is 10.2. The molecule has 1 aromatic rings. The van der Waals surface area contributed by atoms with Gasteiger partial charge in [-0.1, -0.05) is 25.1 Å². The quantitative estimate of drug-likeness (QED) is 0.791. The number of anilines is 1. The molecule has 0 radical (unpaired) electrons. The molecule has 3 N–H and O–H groups in total. The molecular weight excluding hydrogens is 292 g/mol. The number of rotatable bonds is 6. The molecule has 0 amide bonds. The van der Waals surface area contributed by atoms with Gasteiger partial charge in [-0.15, -0.1) is 0 Å². The lowest BCUT2D eigenvalue weighted by Crippen LogP contribution is -2.34. The first-order valence-electron chi connectivity index (χ1n) is 6.95. The summed E-state index contributed by atoms with van der Waals surface area (Å²) in [5.74, 6) is 1.05. The Hall–Kier alpha value is -0.720. The smallest absolute Gasteiger partial charge is 0.216 e. The van der Waals surface area contributed by atoms with E-state index in [0.717, 1.165) is 25.0 Å². The van der Waals surface area contributed by atoms with Crippen LogP contribution >= 0.6 is 11.8 Å². The monoisotopic (exact) mass is 314 g/mol. The SMILES string of the molecule is CCSC1CCC(NS(=O)(=O)Cc2ccccc2N)C1. The van der Waals surface area contributed by atoms with Gasteiger partial charge >= 0.3 is 0 Å². The Balaban J connectivity index is 1.94. The molecule has 6 heteroatoms. The highest BCUT2D eigenvalue weighted by Gasteiger charge is 2.28. The van der Waals surface area contributed by atoms with E-state index in [-0.39, 0.29) is 11.8 Å². The standard InChI is InChI=1S/C14H22N2O2S2/c1-2-19-13-8-7-12(9-13)16-20(17,18)10-11-5-3-4-6-14(11)15/h3-6,12-13,16H,2,7-10,15H2,1H3. The molecule has 1 fully saturated rings. The van der Waals surface area contributed by atoms with E-state index in [1.807, 2.05) is 23.9 Å². The number of nitrogens with two attached hydrogens (primary N) is 1. The summed E-state index contributed by atoms with van der Waals surface area (Å²) < 4.78 is 27.2. The maximum absolute atomic E-state index is 12.2. The average molecular weight is 314 g/mol. The third-order valence-corrected chi connectivity index (χ3v) is 6.15. The number of thioether (sulfide) groups is 1. The molecule has 112 valence electrons. The summed E-state index contributed by atoms with van der Waals surface area (Å²) in [4.78, 5) is 0. The van der Waals surface area contributed by atoms with Crippen LogP contribution in [-0.2, 0) is 15.8 Å². The van der Waals surface area contributed by atoms with Gasteiger partial charge in [-0.3, -0.25) is 0 Å². The summed E-state index contributed by atoms with van der Waals surface area (Å²) in [6, 6.07) is 7.19. The Morgan fingerprint density at radius 1 is 1.35 bits per heavy atom. The fourth-order valence-corrected chi connectivity index (χ4v) is 5.22. The van der Waals surface area contributed by atoms with E-state index in [9.17, 15) is 8.42 Å². The van der Waals surface area contributed by atoms with Crippen LogP contribution in [0.5, 0.6) is 0 Å². The molecule has 1 aromatic carbocycles. The molecule has 1 aliphatic rings. The fraction of sp³-hybridized carbons (Fsp3) is 0.571. The van der Waals surface area contributed by atoms with Crippen molar-refractivity contribution in [2.24, 2.45) is 0 Å². The number of benzene rings is 1. The van der Waals surface area contributed by atoms with Gasteiger partial charge in [0.25, 0.3) is 0 Å². The van der Waals surface area contributed by atoms with Crippen LogP contribution in [0.25, 0.3) is 0 Å². The third-order valence-electron chi connectivity index (χ3n) is 3.53. The largest absolute Gasteiger partial charge is 0.398 e. The van der Waals surface area contributed by atoms with E-state index in [1.54, 1.807) is 12.1 Å². The first-order valence-corrected chi connectivity index (χ1v) is 9.65. The summed E-state index contributed by atoms with van der Waals surface area (Å²) in [6.45, 7) is 2.14. The average Bonchev–Trinajstić information content (AvgIpc) is 2.79. The van der Waals surface area contributed by atoms with Crippen molar-refractivity contribution in [1.82, 2.24) is 4.72 Å². The van der Waals surface area contributed by atoms with Crippen LogP contribution in [0, 0.1) is 0 Å². The van der Waals surface area contributed by atoms with Crippen molar-refractivity contribution in [2.75, 3.05) is 11.5 Å². The molecule has 0 aliphatic heterocycles. The van der Waals surface area contributed by atoms with E-state index in [1.165, 1.54) is 0 Å². The molecule has 2 unspecified atom stereocenters. The van der Waals surface area contributed by atoms with Gasteiger partial charge in [-0.25, -0.2) is 13.1 Å². The summed E-state index contributed by atoms with van der Waals surface area (Å²) in [6.07, 6.45) is 2.96. The van der Waals surface area contributed by atoms with Crippen molar-refractivity contribution in [3.63, 3.8) is 0 Å². The number of hydrogen-bond donors (Lipinski definition) is 2. The molecule has 2 rings (SSSR count). The number of para-hydroxylation sites is 1. The van der Waals surface area contributed by atoms with Crippen LogP contribution in [0.15, 0.2) is 24.3 Å². The van der Waals surface area contributed by atoms with Crippen molar-refractivity contribution < 1.29 is 8.42 Å². The minimum atomic E-state index is -3.32. The molecule has 4 nitrogen and oxygen atoms in total. The van der Waals surface area contributed by atoms with E-state index in [2.05, 4.69) is 11.6 Å². The molecule has 0 heterocycles. The Morgan fingerprint density at radius 2 is 2.10 bits per heavy atom. The molecule has 0 aromatic heterocycles. The maximum Gasteiger partial charge on any atom is 0.216 e. The van der Waals surface area contributed by atoms with Crippen LogP contribution in [0.2, 0.25) is 0 Å². The van der Waals surface area contributed by atoms with Crippen LogP contribution in [-0.4, -0.2) is 25.5 Å². The summed E-state index contributed by atoms with van der Waals surface area (Å²) in [7, 11) is -3.32. The molecule has 2 atom stereocenters. The second-order valence-corrected chi connectivity index (χ2v) is 8.49. The van der Waals surface area contributed by atoms with Crippen molar-refractivity contribution in [2.45, 2.75) is 43.2 Å². The predicted octanol–water partition coefficient (Wildman–Crippen LogP) is 2.36. The van der Waals surface area contributed by atoms with E-state index < -0.39 is 10.0 Å². The second kappa shape index (κ2) is 6.83. The molecule has 0 saturated heterocycles. The number of hydrogen-bond acceptors (Lipinski definition) is 4. The zero-order chi connectivity index (χ0) is 14.6. The first kappa shape index (κ1) is 15.7. The molecule has 0 spiro atoms. The molecule has 0 bridgehead atoms. The molecule has 1 saturated carbocycles. The lowest BCUT2D eigenvalue weighted by molar-refractivity contribution is 0.552. The highest BCUT2D eigenvalue weighted by Crippen LogP contribution is 2.30. The number of sulfonamides is 1. The first-order chi connectivity index (χ1) is 9.50. The number of nitrogen functional groups attached to an aromatic ring is 1. The maximum atomic E-state index is 12.2. The Bertz CT molecular complexity index is 546. The van der Waals surface area contributed by atoms with Crippen molar-refractivity contribution >= 4 is 27.5 Å². The van der Waals surface area contributed by atoms with E-state index in [0.29, 0.717) is 16.5 Å². The lowest BCUT2D eigenvalue weighted by Gasteiger charge is -2.14. The zero-order valence-corrected chi connectivity index (χ0v) is 13.3. The van der Waals surface area contributed by atoms with E-state index in [4.69, 9.17) is 5.73 Å². The Morgan fingerprint density at radius 3 is 2.80 bits per heavy atom. The van der Waals surface area contributed by atoms with Crippen molar-refractivity contribution in [3.8, 4) is 0 Å². The van der Waals surface area contributed by atoms with Crippen molar-refractivity contribution in [1.29, 1.82) is 0 Å². The molecular formula is C14H22N2O2S2. The van der Waals surface area contributed by atoms with Gasteiger partial charge in [0.2, 0.25) is 10.0 Å². The predicted molar refractivity (Wildman–Crippen MR) is 86.2 cm³/mol. The Kier molecular flexibility index (Phi) is 5.35. The highest BCUT2D eigenvalue weighted by molar-refractivity contribution is 7.99. The summed E-state index contributed by atoms with van der Waals surface area (Å²) in [5.41, 5.74) is 7.00. The topological polar surface area (TPSA) is 72.2 Å². The zero-order valence-electron chi connectivity index (χ0n) is 11.7. The minimum Gasteiger partial charge on any atom is -0.398 e.